The quantitative estimate of drug-likeness (QED) is 0.111. The van der Waals surface area contributed by atoms with Crippen LogP contribution in [-0.2, 0) is 19.1 Å². The lowest BCUT2D eigenvalue weighted by Crippen LogP contribution is -2.51. The summed E-state index contributed by atoms with van der Waals surface area (Å²) in [6.07, 6.45) is 4.51. The van der Waals surface area contributed by atoms with Crippen molar-refractivity contribution in [2.24, 2.45) is 5.92 Å². The number of ether oxygens (including phenoxy) is 2. The van der Waals surface area contributed by atoms with E-state index in [-0.39, 0.29) is 29.8 Å². The molecule has 3 aromatic carbocycles. The summed E-state index contributed by atoms with van der Waals surface area (Å²) in [6, 6.07) is 19.0. The van der Waals surface area contributed by atoms with Gasteiger partial charge in [0.25, 0.3) is 0 Å². The number of aromatic nitrogens is 4. The van der Waals surface area contributed by atoms with E-state index in [1.807, 2.05) is 37.1 Å². The monoisotopic (exact) mass is 772 g/mol. The number of amides is 4. The first-order valence-corrected chi connectivity index (χ1v) is 19.2. The number of nitrogens with one attached hydrogen (secondary N) is 4. The smallest absolute Gasteiger partial charge is 0.407 e. The van der Waals surface area contributed by atoms with Gasteiger partial charge in [-0.05, 0) is 71.7 Å². The second-order valence-electron chi connectivity index (χ2n) is 15.1. The van der Waals surface area contributed by atoms with Gasteiger partial charge in [-0.1, -0.05) is 74.5 Å². The summed E-state index contributed by atoms with van der Waals surface area (Å²) < 4.78 is 9.42. The summed E-state index contributed by atoms with van der Waals surface area (Å²) in [5, 5.41) is 7.42. The van der Waals surface area contributed by atoms with Gasteiger partial charge in [0.2, 0.25) is 11.8 Å². The number of imidazole rings is 2. The van der Waals surface area contributed by atoms with E-state index in [1.54, 1.807) is 18.0 Å². The summed E-state index contributed by atoms with van der Waals surface area (Å²) in [5.74, 6) is 0.902. The summed E-state index contributed by atoms with van der Waals surface area (Å²) >= 11 is 0. The van der Waals surface area contributed by atoms with Crippen molar-refractivity contribution in [3.8, 4) is 33.6 Å². The summed E-state index contributed by atoms with van der Waals surface area (Å²) in [6.45, 7) is 10.5. The van der Waals surface area contributed by atoms with Crippen molar-refractivity contribution in [1.82, 2.24) is 40.4 Å². The molecule has 296 valence electrons. The maximum atomic E-state index is 13.6. The number of fused-ring (bicyclic) bond motifs is 1. The number of hydrogen-bond donors (Lipinski definition) is 4. The van der Waals surface area contributed by atoms with Gasteiger partial charge in [-0.15, -0.1) is 0 Å². The Labute approximate surface area is 331 Å². The third-order valence-electron chi connectivity index (χ3n) is 10.9. The van der Waals surface area contributed by atoms with Crippen molar-refractivity contribution in [1.29, 1.82) is 0 Å². The van der Waals surface area contributed by atoms with Crippen LogP contribution in [0.1, 0.15) is 63.8 Å². The predicted molar refractivity (Wildman–Crippen MR) is 216 cm³/mol. The largest absolute Gasteiger partial charge is 0.453 e. The first kappa shape index (κ1) is 38.8. The molecule has 57 heavy (non-hydrogen) atoms. The van der Waals surface area contributed by atoms with E-state index in [0.29, 0.717) is 25.3 Å². The maximum absolute atomic E-state index is 13.6. The van der Waals surface area contributed by atoms with Crippen LogP contribution in [0.5, 0.6) is 0 Å². The standard InChI is InChI=1S/C43H48N8O6/c1-24(2)37(49-43(55)57-6)41(53)50-17-7-8-35(50)38-44-22-34(48-38)32-16-15-30-19-29(13-14-31(30)20-32)27-9-11-28(12-10-27)33-21-45-39(47-33)36-18-25(3)23-51(36)40(52)26(4)46-42(54)56-5/h9-16,19-22,24,26,35-37H,3,7-8,17-18,23H2,1-2,4-6H3,(H,44,48)(H,45,47)(H,46,54)(H,49,55)/t26?,35-,36-,37?/m0/s1. The molecular formula is C43H48N8O6. The van der Waals surface area contributed by atoms with Gasteiger partial charge in [0.1, 0.15) is 23.7 Å². The van der Waals surface area contributed by atoms with Gasteiger partial charge in [0, 0.05) is 18.7 Å². The van der Waals surface area contributed by atoms with Crippen molar-refractivity contribution in [2.75, 3.05) is 27.3 Å². The number of carbonyl (C=O) groups excluding carboxylic acids is 4. The van der Waals surface area contributed by atoms with Crippen molar-refractivity contribution < 1.29 is 28.7 Å². The van der Waals surface area contributed by atoms with Gasteiger partial charge < -0.3 is 39.9 Å². The highest BCUT2D eigenvalue weighted by Gasteiger charge is 2.38. The highest BCUT2D eigenvalue weighted by molar-refractivity contribution is 5.91. The molecule has 2 aromatic heterocycles. The Morgan fingerprint density at radius 2 is 1.30 bits per heavy atom. The van der Waals surface area contributed by atoms with Crippen LogP contribution in [0.15, 0.2) is 85.2 Å². The second kappa shape index (κ2) is 16.3. The number of carbonyl (C=O) groups is 4. The number of nitrogens with zero attached hydrogens (tertiary/aromatic N) is 4. The minimum Gasteiger partial charge on any atom is -0.453 e. The fourth-order valence-corrected chi connectivity index (χ4v) is 7.75. The first-order chi connectivity index (χ1) is 27.4. The molecule has 0 bridgehead atoms. The van der Waals surface area contributed by atoms with Crippen LogP contribution < -0.4 is 10.6 Å². The SMILES string of the molecule is C=C1C[C@@H](c2ncc(-c3ccc(-c4ccc5cc(-c6cnc([C@@H]7CCCN7C(=O)C(NC(=O)OC)C(C)C)[nH]6)ccc5c4)cc3)[nH]2)N(C(=O)C(C)NC(=O)OC)C1. The summed E-state index contributed by atoms with van der Waals surface area (Å²) in [7, 11) is 2.55. The number of likely N-dealkylation sites (tertiary alicyclic amines) is 2. The molecule has 0 saturated carbocycles. The highest BCUT2D eigenvalue weighted by atomic mass is 16.5. The fraction of sp³-hybridized carbons (Fsp3) is 0.349. The fourth-order valence-electron chi connectivity index (χ4n) is 7.75. The Balaban J connectivity index is 1.03. The average molecular weight is 773 g/mol. The van der Waals surface area contributed by atoms with Crippen molar-refractivity contribution >= 4 is 34.8 Å². The lowest BCUT2D eigenvalue weighted by atomic mass is 9.98. The third-order valence-corrected chi connectivity index (χ3v) is 10.9. The first-order valence-electron chi connectivity index (χ1n) is 19.2. The molecule has 7 rings (SSSR count). The molecule has 4 amide bonds. The van der Waals surface area contributed by atoms with E-state index in [2.05, 4.69) is 85.4 Å². The van der Waals surface area contributed by atoms with Crippen molar-refractivity contribution in [3.63, 3.8) is 0 Å². The number of rotatable bonds is 10. The molecular weight excluding hydrogens is 725 g/mol. The molecule has 0 radical (unpaired) electrons. The molecule has 2 saturated heterocycles. The topological polar surface area (TPSA) is 175 Å². The van der Waals surface area contributed by atoms with E-state index < -0.39 is 24.3 Å². The number of alkyl carbamates (subject to hydrolysis) is 2. The third kappa shape index (κ3) is 8.11. The molecule has 4 heterocycles. The Hall–Kier alpha value is -6.44. The maximum Gasteiger partial charge on any atom is 0.407 e. The second-order valence-corrected chi connectivity index (χ2v) is 15.1. The Bertz CT molecular complexity index is 2310. The van der Waals surface area contributed by atoms with Crippen LogP contribution in [0.25, 0.3) is 44.4 Å². The molecule has 2 unspecified atom stereocenters. The molecule has 4 atom stereocenters. The Morgan fingerprint density at radius 1 is 0.737 bits per heavy atom. The average Bonchev–Trinajstić information content (AvgIpc) is 4.06. The van der Waals surface area contributed by atoms with E-state index >= 15 is 0 Å². The number of aromatic amines is 2. The van der Waals surface area contributed by atoms with Crippen LogP contribution in [0.3, 0.4) is 0 Å². The summed E-state index contributed by atoms with van der Waals surface area (Å²) in [4.78, 5) is 70.2. The number of hydrogen-bond acceptors (Lipinski definition) is 8. The molecule has 0 aliphatic carbocycles. The van der Waals surface area contributed by atoms with Gasteiger partial charge >= 0.3 is 12.2 Å². The Kier molecular flexibility index (Phi) is 11.1. The summed E-state index contributed by atoms with van der Waals surface area (Å²) in [5.41, 5.74) is 6.70. The van der Waals surface area contributed by atoms with Crippen LogP contribution in [0.2, 0.25) is 0 Å². The van der Waals surface area contributed by atoms with Crippen LogP contribution >= 0.6 is 0 Å². The van der Waals surface area contributed by atoms with E-state index in [1.165, 1.54) is 14.2 Å². The van der Waals surface area contributed by atoms with Crippen molar-refractivity contribution in [3.05, 3.63) is 96.9 Å². The van der Waals surface area contributed by atoms with Crippen molar-refractivity contribution in [2.45, 2.75) is 64.2 Å². The molecule has 5 aromatic rings. The Morgan fingerprint density at radius 3 is 1.95 bits per heavy atom. The zero-order valence-corrected chi connectivity index (χ0v) is 32.8. The zero-order valence-electron chi connectivity index (χ0n) is 32.8. The van der Waals surface area contributed by atoms with Gasteiger partial charge in [-0.3, -0.25) is 9.59 Å². The predicted octanol–water partition coefficient (Wildman–Crippen LogP) is 6.91. The molecule has 2 aliphatic heterocycles. The van der Waals surface area contributed by atoms with Crippen LogP contribution in [0, 0.1) is 5.92 Å². The van der Waals surface area contributed by atoms with Gasteiger partial charge in [-0.25, -0.2) is 19.6 Å². The van der Waals surface area contributed by atoms with Gasteiger partial charge in [-0.2, -0.15) is 0 Å². The number of benzene rings is 3. The minimum atomic E-state index is -0.758. The van der Waals surface area contributed by atoms with Gasteiger partial charge in [0.05, 0.1) is 50.1 Å². The molecule has 14 nitrogen and oxygen atoms in total. The molecule has 0 spiro atoms. The normalized spacial score (nSPS) is 17.8. The van der Waals surface area contributed by atoms with Crippen LogP contribution in [-0.4, -0.2) is 93.1 Å². The molecule has 2 fully saturated rings. The lowest BCUT2D eigenvalue weighted by molar-refractivity contribution is -0.135. The zero-order chi connectivity index (χ0) is 40.4. The molecule has 2 aliphatic rings. The molecule has 4 N–H and O–H groups in total. The van der Waals surface area contributed by atoms with Gasteiger partial charge in [0.15, 0.2) is 0 Å². The van der Waals surface area contributed by atoms with E-state index in [0.717, 1.165) is 68.7 Å². The van der Waals surface area contributed by atoms with E-state index in [9.17, 15) is 19.2 Å². The minimum absolute atomic E-state index is 0.107. The number of methoxy groups -OCH3 is 2. The lowest BCUT2D eigenvalue weighted by Gasteiger charge is -2.30. The van der Waals surface area contributed by atoms with Crippen LogP contribution in [0.4, 0.5) is 9.59 Å². The highest BCUT2D eigenvalue weighted by Crippen LogP contribution is 2.36. The number of H-pyrrole nitrogens is 2. The molecule has 14 heteroatoms. The van der Waals surface area contributed by atoms with E-state index in [4.69, 9.17) is 9.72 Å².